The number of amides is 1. The molecule has 37 heavy (non-hydrogen) atoms. The van der Waals surface area contributed by atoms with Crippen molar-refractivity contribution in [2.24, 2.45) is 0 Å². The minimum atomic E-state index is -3.27. The minimum absolute atomic E-state index is 0.0896. The molecule has 1 saturated heterocycles. The van der Waals surface area contributed by atoms with Crippen LogP contribution in [0.15, 0.2) is 47.6 Å². The zero-order valence-electron chi connectivity index (χ0n) is 20.5. The minimum Gasteiger partial charge on any atom is -0.353 e. The second-order valence-electron chi connectivity index (χ2n) is 8.91. The van der Waals surface area contributed by atoms with Crippen molar-refractivity contribution in [1.82, 2.24) is 25.0 Å². The van der Waals surface area contributed by atoms with Gasteiger partial charge in [-0.1, -0.05) is 11.6 Å². The molecular weight excluding hydrogens is 519 g/mol. The van der Waals surface area contributed by atoms with Gasteiger partial charge in [-0.25, -0.2) is 18.4 Å². The maximum atomic E-state index is 14.4. The number of piperazine rings is 1. The first-order chi connectivity index (χ1) is 17.6. The number of halogens is 2. The van der Waals surface area contributed by atoms with Crippen LogP contribution in [-0.2, 0) is 14.5 Å². The Labute approximate surface area is 220 Å². The molecule has 3 N–H and O–H groups in total. The average Bonchev–Trinajstić information content (AvgIpc) is 2.85. The van der Waals surface area contributed by atoms with Crippen LogP contribution in [0.25, 0.3) is 11.3 Å². The highest BCUT2D eigenvalue weighted by molar-refractivity contribution is 7.91. The maximum Gasteiger partial charge on any atom is 0.226 e. The van der Waals surface area contributed by atoms with E-state index in [4.69, 9.17) is 16.4 Å². The standard InChI is InChI=1S/C24H28ClFN8O2S/c1-33-9-11-34(12-10-33)8-6-23(35)30-22-14-17(5-7-28-22)29-21-15-20(31-32-24(21)37(2,27)36)18-13-16(25)3-4-19(18)26/h3-5,7,13-15,27H,6,8-12H2,1-2H3,(H2,28,29,30,31,35). The number of nitrogens with zero attached hydrogens (tertiary/aromatic N) is 5. The van der Waals surface area contributed by atoms with E-state index in [1.165, 1.54) is 36.7 Å². The van der Waals surface area contributed by atoms with Crippen LogP contribution in [-0.4, -0.2) is 81.1 Å². The zero-order chi connectivity index (χ0) is 26.6. The van der Waals surface area contributed by atoms with E-state index in [0.717, 1.165) is 26.2 Å². The van der Waals surface area contributed by atoms with Crippen molar-refractivity contribution in [2.45, 2.75) is 11.4 Å². The Bertz CT molecular complexity index is 1400. The Morgan fingerprint density at radius 3 is 2.65 bits per heavy atom. The highest BCUT2D eigenvalue weighted by Gasteiger charge is 2.18. The number of aromatic nitrogens is 3. The number of carbonyl (C=O) groups is 1. The SMILES string of the molecule is CN1CCN(CCC(=O)Nc2cc(Nc3cc(-c4cc(Cl)ccc4F)nnc3S(C)(=N)=O)ccn2)CC1. The quantitative estimate of drug-likeness (QED) is 0.390. The van der Waals surface area contributed by atoms with E-state index in [-0.39, 0.29) is 27.9 Å². The van der Waals surface area contributed by atoms with E-state index in [2.05, 4.69) is 42.7 Å². The molecule has 1 aromatic carbocycles. The lowest BCUT2D eigenvalue weighted by Gasteiger charge is -2.32. The topological polar surface area (TPSA) is 127 Å². The van der Waals surface area contributed by atoms with Crippen molar-refractivity contribution in [3.05, 3.63) is 53.4 Å². The van der Waals surface area contributed by atoms with Gasteiger partial charge in [0.25, 0.3) is 0 Å². The van der Waals surface area contributed by atoms with Gasteiger partial charge < -0.3 is 20.4 Å². The molecule has 1 aliphatic heterocycles. The molecule has 0 radical (unpaired) electrons. The zero-order valence-corrected chi connectivity index (χ0v) is 22.1. The molecule has 2 aromatic heterocycles. The molecule has 1 fully saturated rings. The lowest BCUT2D eigenvalue weighted by molar-refractivity contribution is -0.116. The fourth-order valence-corrected chi connectivity index (χ4v) is 4.75. The highest BCUT2D eigenvalue weighted by Crippen LogP contribution is 2.30. The van der Waals surface area contributed by atoms with Crippen molar-refractivity contribution in [3.63, 3.8) is 0 Å². The maximum absolute atomic E-state index is 14.4. The monoisotopic (exact) mass is 546 g/mol. The normalized spacial score (nSPS) is 16.2. The van der Waals surface area contributed by atoms with Crippen LogP contribution in [0.2, 0.25) is 5.02 Å². The number of likely N-dealkylation sites (N-methyl/N-ethyl adjacent to an activating group) is 1. The lowest BCUT2D eigenvalue weighted by Crippen LogP contribution is -2.45. The largest absolute Gasteiger partial charge is 0.353 e. The molecule has 4 rings (SSSR count). The van der Waals surface area contributed by atoms with Gasteiger partial charge in [-0.2, -0.15) is 0 Å². The van der Waals surface area contributed by atoms with Crippen molar-refractivity contribution >= 4 is 44.4 Å². The first kappa shape index (κ1) is 26.9. The molecule has 13 heteroatoms. The number of hydrogen-bond donors (Lipinski definition) is 3. The van der Waals surface area contributed by atoms with Crippen LogP contribution in [0.5, 0.6) is 0 Å². The van der Waals surface area contributed by atoms with Gasteiger partial charge in [0.05, 0.1) is 21.1 Å². The third kappa shape index (κ3) is 7.19. The van der Waals surface area contributed by atoms with E-state index >= 15 is 0 Å². The van der Waals surface area contributed by atoms with E-state index in [1.54, 1.807) is 12.1 Å². The number of rotatable bonds is 8. The van der Waals surface area contributed by atoms with Gasteiger partial charge >= 0.3 is 0 Å². The first-order valence-corrected chi connectivity index (χ1v) is 13.9. The number of carbonyl (C=O) groups excluding carboxylic acids is 1. The van der Waals surface area contributed by atoms with Crippen LogP contribution >= 0.6 is 11.6 Å². The third-order valence-electron chi connectivity index (χ3n) is 5.89. The van der Waals surface area contributed by atoms with Gasteiger partial charge in [-0.05, 0) is 37.4 Å². The summed E-state index contributed by atoms with van der Waals surface area (Å²) in [6, 6.07) is 8.77. The van der Waals surface area contributed by atoms with Gasteiger partial charge in [0.1, 0.15) is 11.6 Å². The van der Waals surface area contributed by atoms with Gasteiger partial charge in [0.15, 0.2) is 5.03 Å². The second-order valence-corrected chi connectivity index (χ2v) is 11.4. The summed E-state index contributed by atoms with van der Waals surface area (Å²) in [6.45, 7) is 4.50. The smallest absolute Gasteiger partial charge is 0.226 e. The summed E-state index contributed by atoms with van der Waals surface area (Å²) in [7, 11) is -1.19. The molecule has 0 aliphatic carbocycles. The third-order valence-corrected chi connectivity index (χ3v) is 7.17. The van der Waals surface area contributed by atoms with Gasteiger partial charge in [0.2, 0.25) is 5.91 Å². The Kier molecular flexibility index (Phi) is 8.32. The van der Waals surface area contributed by atoms with Crippen LogP contribution < -0.4 is 10.6 Å². The molecule has 1 unspecified atom stereocenters. The molecule has 1 amide bonds. The molecule has 196 valence electrons. The van der Waals surface area contributed by atoms with Gasteiger partial charge in [0, 0.05) is 73.9 Å². The van der Waals surface area contributed by atoms with E-state index < -0.39 is 15.5 Å². The fraction of sp³-hybridized carbons (Fsp3) is 0.333. The van der Waals surface area contributed by atoms with Crippen molar-refractivity contribution < 1.29 is 13.4 Å². The second kappa shape index (κ2) is 11.5. The summed E-state index contributed by atoms with van der Waals surface area (Å²) in [5.41, 5.74) is 0.983. The van der Waals surface area contributed by atoms with Crippen LogP contribution in [0.4, 0.5) is 21.6 Å². The highest BCUT2D eigenvalue weighted by atomic mass is 35.5. The van der Waals surface area contributed by atoms with Gasteiger partial charge in [-0.3, -0.25) is 4.79 Å². The van der Waals surface area contributed by atoms with Gasteiger partial charge in [-0.15, -0.1) is 10.2 Å². The number of benzene rings is 1. The molecule has 0 bridgehead atoms. The average molecular weight is 547 g/mol. The number of anilines is 3. The van der Waals surface area contributed by atoms with Crippen LogP contribution in [0.1, 0.15) is 6.42 Å². The molecule has 0 saturated carbocycles. The fourth-order valence-electron chi connectivity index (χ4n) is 3.85. The summed E-state index contributed by atoms with van der Waals surface area (Å²) < 4.78 is 35.0. The first-order valence-electron chi connectivity index (χ1n) is 11.6. The predicted octanol–water partition coefficient (Wildman–Crippen LogP) is 3.69. The summed E-state index contributed by atoms with van der Waals surface area (Å²) in [4.78, 5) is 21.2. The molecule has 1 atom stereocenters. The van der Waals surface area contributed by atoms with E-state index in [0.29, 0.717) is 29.5 Å². The predicted molar refractivity (Wildman–Crippen MR) is 142 cm³/mol. The Balaban J connectivity index is 1.51. The number of nitrogens with one attached hydrogen (secondary N) is 3. The Morgan fingerprint density at radius 1 is 1.16 bits per heavy atom. The Hall–Kier alpha value is -3.19. The summed E-state index contributed by atoms with van der Waals surface area (Å²) in [5.74, 6) is -0.372. The summed E-state index contributed by atoms with van der Waals surface area (Å²) in [6.07, 6.45) is 3.07. The molecular formula is C24H28ClFN8O2S. The van der Waals surface area contributed by atoms with Crippen molar-refractivity contribution in [2.75, 3.05) is 56.7 Å². The molecule has 10 nitrogen and oxygen atoms in total. The van der Waals surface area contributed by atoms with Crippen molar-refractivity contribution in [3.8, 4) is 11.3 Å². The molecule has 3 heterocycles. The van der Waals surface area contributed by atoms with Crippen LogP contribution in [0.3, 0.4) is 0 Å². The van der Waals surface area contributed by atoms with Crippen molar-refractivity contribution in [1.29, 1.82) is 4.78 Å². The van der Waals surface area contributed by atoms with E-state index in [1.807, 2.05) is 0 Å². The molecule has 1 aliphatic rings. The number of hydrogen-bond acceptors (Lipinski definition) is 9. The van der Waals surface area contributed by atoms with E-state index in [9.17, 15) is 13.4 Å². The van der Waals surface area contributed by atoms with Crippen LogP contribution in [0, 0.1) is 10.6 Å². The molecule has 0 spiro atoms. The summed E-state index contributed by atoms with van der Waals surface area (Å²) in [5, 5.41) is 14.0. The number of pyridine rings is 1. The lowest BCUT2D eigenvalue weighted by atomic mass is 10.1. The summed E-state index contributed by atoms with van der Waals surface area (Å²) >= 11 is 6.02. The molecule has 3 aromatic rings. The Morgan fingerprint density at radius 2 is 1.92 bits per heavy atom.